The second kappa shape index (κ2) is 10.2. The van der Waals surface area contributed by atoms with Crippen LogP contribution in [0.15, 0.2) is 12.7 Å². The zero-order valence-corrected chi connectivity index (χ0v) is 5.76. The number of amides is 1. The van der Waals surface area contributed by atoms with Crippen LogP contribution in [0.1, 0.15) is 13.3 Å². The van der Waals surface area contributed by atoms with Gasteiger partial charge in [0, 0.05) is 0 Å². The largest absolute Gasteiger partial charge is 0.366 e. The molecule has 0 aromatic carbocycles. The Morgan fingerprint density at radius 1 is 1.78 bits per heavy atom. The standard InChI is InChI=1S/C3H5NO.C3H9N/c1-2-3(4)5;1-2-3-4/h2H,1H2,(H2,4,5);2-4H2,1H3. The molecule has 0 atom stereocenters. The molecule has 1 amide bonds. The number of nitrogens with two attached hydrogens (primary N) is 2. The first-order chi connectivity index (χ1) is 4.18. The summed E-state index contributed by atoms with van der Waals surface area (Å²) in [7, 11) is 0. The minimum Gasteiger partial charge on any atom is -0.366 e. The normalized spacial score (nSPS) is 6.89. The van der Waals surface area contributed by atoms with E-state index in [9.17, 15) is 4.79 Å². The molecule has 0 aliphatic heterocycles. The van der Waals surface area contributed by atoms with E-state index in [1.165, 1.54) is 0 Å². The average Bonchev–Trinajstić information content (AvgIpc) is 1.89. The van der Waals surface area contributed by atoms with E-state index in [0.717, 1.165) is 19.0 Å². The summed E-state index contributed by atoms with van der Waals surface area (Å²) in [4.78, 5) is 9.47. The van der Waals surface area contributed by atoms with Crippen molar-refractivity contribution in [1.29, 1.82) is 0 Å². The number of primary amides is 1. The Kier molecular flexibility index (Phi) is 12.5. The van der Waals surface area contributed by atoms with Crippen LogP contribution in [0.4, 0.5) is 0 Å². The molecule has 54 valence electrons. The summed E-state index contributed by atoms with van der Waals surface area (Å²) in [6.07, 6.45) is 2.15. The van der Waals surface area contributed by atoms with Crippen molar-refractivity contribution in [2.24, 2.45) is 11.5 Å². The van der Waals surface area contributed by atoms with Crippen LogP contribution in [0.2, 0.25) is 0 Å². The highest BCUT2D eigenvalue weighted by atomic mass is 16.1. The fourth-order valence-corrected chi connectivity index (χ4v) is 0. The monoisotopic (exact) mass is 130 g/mol. The highest BCUT2D eigenvalue weighted by molar-refractivity contribution is 5.84. The predicted octanol–water partition coefficient (Wildman–Crippen LogP) is 0.0128. The van der Waals surface area contributed by atoms with Crippen LogP contribution in [0.25, 0.3) is 0 Å². The maximum absolute atomic E-state index is 9.47. The van der Waals surface area contributed by atoms with E-state index < -0.39 is 5.91 Å². The first-order valence-electron chi connectivity index (χ1n) is 2.81. The summed E-state index contributed by atoms with van der Waals surface area (Å²) >= 11 is 0. The lowest BCUT2D eigenvalue weighted by Crippen LogP contribution is -2.04. The summed E-state index contributed by atoms with van der Waals surface area (Å²) in [5.74, 6) is -0.481. The zero-order valence-electron chi connectivity index (χ0n) is 5.76. The van der Waals surface area contributed by atoms with Crippen molar-refractivity contribution < 1.29 is 4.79 Å². The Morgan fingerprint density at radius 3 is 2.00 bits per heavy atom. The van der Waals surface area contributed by atoms with Gasteiger partial charge in [0.25, 0.3) is 0 Å². The smallest absolute Gasteiger partial charge is 0.240 e. The fourth-order valence-electron chi connectivity index (χ4n) is 0. The van der Waals surface area contributed by atoms with E-state index in [-0.39, 0.29) is 0 Å². The lowest BCUT2D eigenvalue weighted by Gasteiger charge is -1.70. The Balaban J connectivity index is 0. The lowest BCUT2D eigenvalue weighted by atomic mass is 10.5. The van der Waals surface area contributed by atoms with Crippen molar-refractivity contribution in [3.63, 3.8) is 0 Å². The fraction of sp³-hybridized carbons (Fsp3) is 0.500. The molecule has 0 rings (SSSR count). The Morgan fingerprint density at radius 2 is 2.00 bits per heavy atom. The molecule has 4 N–H and O–H groups in total. The molecular weight excluding hydrogens is 116 g/mol. The van der Waals surface area contributed by atoms with E-state index >= 15 is 0 Å². The topological polar surface area (TPSA) is 69.1 Å². The van der Waals surface area contributed by atoms with Gasteiger partial charge in [0.2, 0.25) is 5.91 Å². The summed E-state index contributed by atoms with van der Waals surface area (Å²) < 4.78 is 0. The van der Waals surface area contributed by atoms with E-state index in [1.807, 2.05) is 0 Å². The highest BCUT2D eigenvalue weighted by Gasteiger charge is 1.69. The molecule has 0 saturated carbocycles. The van der Waals surface area contributed by atoms with Crippen LogP contribution in [0, 0.1) is 0 Å². The van der Waals surface area contributed by atoms with Crippen LogP contribution in [-0.2, 0) is 4.79 Å². The Bertz CT molecular complexity index is 79.1. The maximum Gasteiger partial charge on any atom is 0.240 e. The van der Waals surface area contributed by atoms with Gasteiger partial charge in [-0.15, -0.1) is 0 Å². The van der Waals surface area contributed by atoms with Gasteiger partial charge in [-0.1, -0.05) is 13.5 Å². The lowest BCUT2D eigenvalue weighted by molar-refractivity contribution is -0.113. The van der Waals surface area contributed by atoms with Gasteiger partial charge in [0.05, 0.1) is 0 Å². The second-order valence-electron chi connectivity index (χ2n) is 1.40. The minimum atomic E-state index is -0.481. The first-order valence-corrected chi connectivity index (χ1v) is 2.81. The van der Waals surface area contributed by atoms with Gasteiger partial charge in [-0.25, -0.2) is 0 Å². The Labute approximate surface area is 55.7 Å². The molecule has 0 aromatic rings. The van der Waals surface area contributed by atoms with Crippen molar-refractivity contribution in [3.8, 4) is 0 Å². The van der Waals surface area contributed by atoms with Crippen LogP contribution in [-0.4, -0.2) is 12.5 Å². The molecule has 0 heterocycles. The molecule has 3 nitrogen and oxygen atoms in total. The van der Waals surface area contributed by atoms with Gasteiger partial charge in [-0.2, -0.15) is 0 Å². The van der Waals surface area contributed by atoms with Crippen molar-refractivity contribution in [1.82, 2.24) is 0 Å². The third-order valence-corrected chi connectivity index (χ3v) is 0.490. The molecule has 0 aliphatic carbocycles. The number of hydrogen-bond donors (Lipinski definition) is 2. The molecule has 0 spiro atoms. The molecule has 0 saturated heterocycles. The molecule has 9 heavy (non-hydrogen) atoms. The number of hydrogen-bond acceptors (Lipinski definition) is 2. The zero-order chi connectivity index (χ0) is 7.70. The van der Waals surface area contributed by atoms with Gasteiger partial charge in [0.1, 0.15) is 0 Å². The quantitative estimate of drug-likeness (QED) is 0.517. The maximum atomic E-state index is 9.47. The molecule has 0 aliphatic rings. The highest BCUT2D eigenvalue weighted by Crippen LogP contribution is 1.57. The van der Waals surface area contributed by atoms with Crippen molar-refractivity contribution in [2.75, 3.05) is 6.54 Å². The molecular formula is C6H14N2O. The van der Waals surface area contributed by atoms with Gasteiger partial charge in [-0.3, -0.25) is 4.79 Å². The Hall–Kier alpha value is -0.830. The van der Waals surface area contributed by atoms with E-state index in [2.05, 4.69) is 19.2 Å². The van der Waals surface area contributed by atoms with E-state index in [1.54, 1.807) is 0 Å². The summed E-state index contributed by atoms with van der Waals surface area (Å²) in [5, 5.41) is 0. The molecule has 0 fully saturated rings. The third-order valence-electron chi connectivity index (χ3n) is 0.490. The van der Waals surface area contributed by atoms with E-state index in [4.69, 9.17) is 5.73 Å². The SMILES string of the molecule is C=CC(N)=O.CCCN. The van der Waals surface area contributed by atoms with Gasteiger partial charge in [0.15, 0.2) is 0 Å². The molecule has 3 heteroatoms. The van der Waals surface area contributed by atoms with Crippen molar-refractivity contribution >= 4 is 5.91 Å². The first kappa shape index (κ1) is 11.0. The van der Waals surface area contributed by atoms with Gasteiger partial charge >= 0.3 is 0 Å². The summed E-state index contributed by atoms with van der Waals surface area (Å²) in [6.45, 7) is 5.96. The number of rotatable bonds is 2. The van der Waals surface area contributed by atoms with Crippen molar-refractivity contribution in [3.05, 3.63) is 12.7 Å². The van der Waals surface area contributed by atoms with Crippen LogP contribution < -0.4 is 11.5 Å². The van der Waals surface area contributed by atoms with Crippen LogP contribution in [0.3, 0.4) is 0 Å². The molecule has 0 aromatic heterocycles. The molecule has 0 unspecified atom stereocenters. The van der Waals surface area contributed by atoms with Crippen LogP contribution >= 0.6 is 0 Å². The van der Waals surface area contributed by atoms with Gasteiger partial charge in [-0.05, 0) is 19.0 Å². The minimum absolute atomic E-state index is 0.481. The van der Waals surface area contributed by atoms with Crippen molar-refractivity contribution in [2.45, 2.75) is 13.3 Å². The summed E-state index contributed by atoms with van der Waals surface area (Å²) in [5.41, 5.74) is 9.56. The number of carbonyl (C=O) groups excluding carboxylic acids is 1. The average molecular weight is 130 g/mol. The van der Waals surface area contributed by atoms with Gasteiger partial charge < -0.3 is 11.5 Å². The molecule has 0 radical (unpaired) electrons. The molecule has 0 bridgehead atoms. The summed E-state index contributed by atoms with van der Waals surface area (Å²) in [6, 6.07) is 0. The third kappa shape index (κ3) is 40.7. The second-order valence-corrected chi connectivity index (χ2v) is 1.40. The predicted molar refractivity (Wildman–Crippen MR) is 38.7 cm³/mol. The number of carbonyl (C=O) groups is 1. The van der Waals surface area contributed by atoms with Crippen LogP contribution in [0.5, 0.6) is 0 Å². The van der Waals surface area contributed by atoms with E-state index in [0.29, 0.717) is 0 Å².